The van der Waals surface area contributed by atoms with E-state index in [1.165, 1.54) is 6.92 Å². The Morgan fingerprint density at radius 3 is 1.92 bits per heavy atom. The van der Waals surface area contributed by atoms with Crippen LogP contribution in [-0.4, -0.2) is 123 Å². The second-order valence-electron chi connectivity index (χ2n) is 16.2. The summed E-state index contributed by atoms with van der Waals surface area (Å²) in [5.41, 5.74) is -0.961. The highest BCUT2D eigenvalue weighted by atomic mass is 16.6. The Bertz CT molecular complexity index is 1820. The number of rotatable bonds is 19. The van der Waals surface area contributed by atoms with Crippen molar-refractivity contribution < 1.29 is 57.7 Å². The Labute approximate surface area is 349 Å². The highest BCUT2D eigenvalue weighted by molar-refractivity contribution is 6.15. The van der Waals surface area contributed by atoms with Crippen LogP contribution in [0.4, 0.5) is 10.5 Å². The quantitative estimate of drug-likeness (QED) is 0.0638. The topological polar surface area (TPSA) is 259 Å². The number of amides is 8. The molecule has 1 aromatic carbocycles. The number of anilines is 1. The SMILES string of the molecule is C#CCNC(=O)[C@H](CCC(=O)N[C@H](C(=O)N[C@@H](C)C(=O)Nc1ccc(CO)cc1)C(C)C)NC(=O)[C@H](CN(CC(=O)OC(C)(C)C)C(=O)OC(C)(C)C)N1C(=O)C=CC1=O. The van der Waals surface area contributed by atoms with E-state index in [0.717, 1.165) is 17.1 Å². The number of esters is 1. The van der Waals surface area contributed by atoms with E-state index in [-0.39, 0.29) is 19.6 Å². The molecule has 0 bridgehead atoms. The van der Waals surface area contributed by atoms with E-state index in [1.54, 1.807) is 79.7 Å². The zero-order valence-electron chi connectivity index (χ0n) is 35.5. The summed E-state index contributed by atoms with van der Waals surface area (Å²) < 4.78 is 10.8. The van der Waals surface area contributed by atoms with E-state index < -0.39 is 114 Å². The van der Waals surface area contributed by atoms with Crippen LogP contribution in [-0.2, 0) is 54.4 Å². The van der Waals surface area contributed by atoms with Gasteiger partial charge in [0.15, 0.2) is 0 Å². The van der Waals surface area contributed by atoms with Crippen molar-refractivity contribution >= 4 is 59.1 Å². The van der Waals surface area contributed by atoms with Crippen LogP contribution in [0.2, 0.25) is 0 Å². The Morgan fingerprint density at radius 1 is 0.817 bits per heavy atom. The fourth-order valence-electron chi connectivity index (χ4n) is 5.44. The number of nitrogens with one attached hydrogen (secondary N) is 5. The van der Waals surface area contributed by atoms with Crippen molar-refractivity contribution in [3.8, 4) is 12.3 Å². The first-order valence-corrected chi connectivity index (χ1v) is 19.2. The van der Waals surface area contributed by atoms with Crippen molar-refractivity contribution in [2.75, 3.05) is 25.0 Å². The van der Waals surface area contributed by atoms with Crippen LogP contribution in [0.3, 0.4) is 0 Å². The van der Waals surface area contributed by atoms with Gasteiger partial charge >= 0.3 is 12.1 Å². The summed E-state index contributed by atoms with van der Waals surface area (Å²) >= 11 is 0. The molecular formula is C41H57N7O12. The Hall–Kier alpha value is -6.29. The number of benzene rings is 1. The molecule has 2 rings (SSSR count). The molecule has 60 heavy (non-hydrogen) atoms. The minimum absolute atomic E-state index is 0.173. The monoisotopic (exact) mass is 839 g/mol. The van der Waals surface area contributed by atoms with Crippen molar-refractivity contribution in [2.45, 2.75) is 117 Å². The first kappa shape index (κ1) is 49.9. The smallest absolute Gasteiger partial charge is 0.410 e. The van der Waals surface area contributed by atoms with Crippen molar-refractivity contribution in [1.82, 2.24) is 31.1 Å². The third kappa shape index (κ3) is 16.5. The van der Waals surface area contributed by atoms with Crippen molar-refractivity contribution in [1.29, 1.82) is 0 Å². The Balaban J connectivity index is 2.30. The first-order chi connectivity index (χ1) is 27.8. The lowest BCUT2D eigenvalue weighted by molar-refractivity contribution is -0.156. The summed E-state index contributed by atoms with van der Waals surface area (Å²) in [4.78, 5) is 120. The van der Waals surface area contributed by atoms with Gasteiger partial charge in [-0.2, -0.15) is 0 Å². The number of hydrogen-bond acceptors (Lipinski definition) is 12. The molecule has 0 aliphatic carbocycles. The predicted molar refractivity (Wildman–Crippen MR) is 217 cm³/mol. The second-order valence-corrected chi connectivity index (χ2v) is 16.2. The van der Waals surface area contributed by atoms with E-state index in [0.29, 0.717) is 16.2 Å². The molecular weight excluding hydrogens is 782 g/mol. The van der Waals surface area contributed by atoms with Crippen LogP contribution in [0.1, 0.15) is 80.7 Å². The summed E-state index contributed by atoms with van der Waals surface area (Å²) in [5.74, 6) is -4.87. The summed E-state index contributed by atoms with van der Waals surface area (Å²) in [6.45, 7) is 12.3. The number of imide groups is 1. The van der Waals surface area contributed by atoms with E-state index in [1.807, 2.05) is 0 Å². The molecule has 1 aromatic rings. The number of nitrogens with zero attached hydrogens (tertiary/aromatic N) is 2. The van der Waals surface area contributed by atoms with Gasteiger partial charge in [0.1, 0.15) is 41.9 Å². The van der Waals surface area contributed by atoms with Gasteiger partial charge in [0.2, 0.25) is 29.5 Å². The van der Waals surface area contributed by atoms with Gasteiger partial charge in [0.25, 0.3) is 11.8 Å². The molecule has 4 atom stereocenters. The molecule has 19 nitrogen and oxygen atoms in total. The lowest BCUT2D eigenvalue weighted by Crippen LogP contribution is -2.59. The fraction of sp³-hybridized carbons (Fsp3) is 0.537. The average molecular weight is 840 g/mol. The molecule has 0 saturated heterocycles. The summed E-state index contributed by atoms with van der Waals surface area (Å²) in [5, 5.41) is 21.9. The normalized spacial score (nSPS) is 14.5. The maximum absolute atomic E-state index is 14.1. The maximum atomic E-state index is 14.1. The third-order valence-electron chi connectivity index (χ3n) is 8.32. The number of aliphatic hydroxyl groups excluding tert-OH is 1. The van der Waals surface area contributed by atoms with Crippen molar-refractivity contribution in [3.63, 3.8) is 0 Å². The molecule has 6 N–H and O–H groups in total. The minimum atomic E-state index is -1.82. The number of carbonyl (C=O) groups is 9. The standard InChI is InChI=1S/C41H57N7O12/c1-11-20-42-36(55)28(16-17-30(50)46-34(24(2)3)38(57)43-25(4)35(54)44-27-14-12-26(23-49)13-15-27)45-37(56)29(48-31(51)18-19-32(48)52)21-47(39(58)60-41(8,9)10)22-33(53)59-40(5,6)7/h1,12-15,18-19,24-25,28-29,34,49H,16-17,20-23H2,2-10H3,(H,42,55)(H,43,57)(H,44,54)(H,45,56)(H,46,50)/t25-,28-,29-,34-/m0/s1. The van der Waals surface area contributed by atoms with Gasteiger partial charge in [-0.05, 0) is 78.5 Å². The lowest BCUT2D eigenvalue weighted by atomic mass is 10.0. The van der Waals surface area contributed by atoms with Gasteiger partial charge in [0.05, 0.1) is 19.7 Å². The molecule has 0 spiro atoms. The summed E-state index contributed by atoms with van der Waals surface area (Å²) in [7, 11) is 0. The molecule has 0 saturated carbocycles. The second kappa shape index (κ2) is 22.2. The molecule has 1 aliphatic heterocycles. The van der Waals surface area contributed by atoms with Crippen LogP contribution in [0.25, 0.3) is 0 Å². The van der Waals surface area contributed by atoms with Crippen molar-refractivity contribution in [3.05, 3.63) is 42.0 Å². The molecule has 328 valence electrons. The largest absolute Gasteiger partial charge is 0.459 e. The van der Waals surface area contributed by atoms with Crippen LogP contribution < -0.4 is 26.6 Å². The molecule has 8 amide bonds. The third-order valence-corrected chi connectivity index (χ3v) is 8.32. The minimum Gasteiger partial charge on any atom is -0.459 e. The molecule has 1 heterocycles. The van der Waals surface area contributed by atoms with Gasteiger partial charge in [-0.1, -0.05) is 31.9 Å². The number of hydrogen-bond donors (Lipinski definition) is 6. The Kier molecular flexibility index (Phi) is 18.4. The number of carbonyl (C=O) groups excluding carboxylic acids is 9. The van der Waals surface area contributed by atoms with E-state index >= 15 is 0 Å². The zero-order chi connectivity index (χ0) is 45.5. The highest BCUT2D eigenvalue weighted by Crippen LogP contribution is 2.17. The molecule has 1 aliphatic rings. The summed E-state index contributed by atoms with van der Waals surface area (Å²) in [6, 6.07) is 0.935. The van der Waals surface area contributed by atoms with Gasteiger partial charge < -0.3 is 41.2 Å². The molecule has 19 heteroatoms. The van der Waals surface area contributed by atoms with Gasteiger partial charge in [0, 0.05) is 24.3 Å². The first-order valence-electron chi connectivity index (χ1n) is 19.2. The summed E-state index contributed by atoms with van der Waals surface area (Å²) in [6.07, 6.45) is 5.22. The van der Waals surface area contributed by atoms with Crippen LogP contribution in [0.5, 0.6) is 0 Å². The fourth-order valence-corrected chi connectivity index (χ4v) is 5.44. The van der Waals surface area contributed by atoms with Crippen molar-refractivity contribution in [2.24, 2.45) is 5.92 Å². The Morgan fingerprint density at radius 2 is 1.40 bits per heavy atom. The van der Waals surface area contributed by atoms with Crippen LogP contribution >= 0.6 is 0 Å². The molecule has 0 aromatic heterocycles. The maximum Gasteiger partial charge on any atom is 0.410 e. The average Bonchev–Trinajstić information content (AvgIpc) is 3.47. The zero-order valence-corrected chi connectivity index (χ0v) is 35.5. The van der Waals surface area contributed by atoms with Gasteiger partial charge in [-0.15, -0.1) is 6.42 Å². The van der Waals surface area contributed by atoms with Gasteiger partial charge in [-0.3, -0.25) is 48.2 Å². The predicted octanol–water partition coefficient (Wildman–Crippen LogP) is 0.650. The van der Waals surface area contributed by atoms with Crippen LogP contribution in [0.15, 0.2) is 36.4 Å². The van der Waals surface area contributed by atoms with Crippen LogP contribution in [0, 0.1) is 18.3 Å². The van der Waals surface area contributed by atoms with E-state index in [2.05, 4.69) is 32.5 Å². The molecule has 0 fully saturated rings. The molecule has 0 radical (unpaired) electrons. The lowest BCUT2D eigenvalue weighted by Gasteiger charge is -2.33. The van der Waals surface area contributed by atoms with Gasteiger partial charge in [-0.25, -0.2) is 4.79 Å². The number of aliphatic hydroxyl groups is 1. The van der Waals surface area contributed by atoms with E-state index in [4.69, 9.17) is 15.9 Å². The number of ether oxygens (including phenoxy) is 2. The number of terminal acetylenes is 1. The van der Waals surface area contributed by atoms with E-state index in [9.17, 15) is 48.3 Å². The molecule has 0 unspecified atom stereocenters. The highest BCUT2D eigenvalue weighted by Gasteiger charge is 2.41.